The highest BCUT2D eigenvalue weighted by Gasteiger charge is 2.49. The van der Waals surface area contributed by atoms with Gasteiger partial charge >= 0.3 is 0 Å². The molecule has 0 aliphatic carbocycles. The van der Waals surface area contributed by atoms with E-state index in [1.807, 2.05) is 49.3 Å². The lowest BCUT2D eigenvalue weighted by Crippen LogP contribution is -2.61. The van der Waals surface area contributed by atoms with Gasteiger partial charge in [-0.1, -0.05) is 18.2 Å². The standard InChI is InChI=1S/C20H29N3O2/c1-21(2)19(25)17-20(10-7-13-22(17)3)11-14-23(15-12-20)18(24)16-8-5-4-6-9-16/h4-6,8-9,17H,7,10-15H2,1-3H3. The predicted molar refractivity (Wildman–Crippen MR) is 98.4 cm³/mol. The van der Waals surface area contributed by atoms with Gasteiger partial charge in [0.2, 0.25) is 5.91 Å². The Hall–Kier alpha value is -1.88. The van der Waals surface area contributed by atoms with E-state index < -0.39 is 0 Å². The highest BCUT2D eigenvalue weighted by molar-refractivity contribution is 5.94. The first-order valence-electron chi connectivity index (χ1n) is 9.20. The van der Waals surface area contributed by atoms with E-state index >= 15 is 0 Å². The Morgan fingerprint density at radius 3 is 2.28 bits per heavy atom. The highest BCUT2D eigenvalue weighted by Crippen LogP contribution is 2.44. The largest absolute Gasteiger partial charge is 0.347 e. The number of rotatable bonds is 2. The number of carbonyl (C=O) groups is 2. The average Bonchev–Trinajstić information content (AvgIpc) is 2.62. The Morgan fingerprint density at radius 1 is 1.04 bits per heavy atom. The fraction of sp³-hybridized carbons (Fsp3) is 0.600. The minimum atomic E-state index is -0.0646. The molecule has 1 unspecified atom stereocenters. The molecule has 1 atom stereocenters. The first-order chi connectivity index (χ1) is 11.9. The summed E-state index contributed by atoms with van der Waals surface area (Å²) in [5.41, 5.74) is 0.752. The number of benzene rings is 1. The molecule has 2 fully saturated rings. The highest BCUT2D eigenvalue weighted by atomic mass is 16.2. The molecule has 5 heteroatoms. The number of hydrogen-bond donors (Lipinski definition) is 0. The number of nitrogens with zero attached hydrogens (tertiary/aromatic N) is 3. The quantitative estimate of drug-likeness (QED) is 0.826. The lowest BCUT2D eigenvalue weighted by molar-refractivity contribution is -0.144. The molecule has 25 heavy (non-hydrogen) atoms. The summed E-state index contributed by atoms with van der Waals surface area (Å²) < 4.78 is 0. The number of likely N-dealkylation sites (N-methyl/N-ethyl adjacent to an activating group) is 2. The van der Waals surface area contributed by atoms with Crippen molar-refractivity contribution in [3.8, 4) is 0 Å². The van der Waals surface area contributed by atoms with Crippen LogP contribution in [0.25, 0.3) is 0 Å². The zero-order valence-corrected chi connectivity index (χ0v) is 15.6. The molecule has 1 aromatic rings. The normalized spacial score (nSPS) is 23.5. The summed E-state index contributed by atoms with van der Waals surface area (Å²) in [7, 11) is 5.74. The summed E-state index contributed by atoms with van der Waals surface area (Å²) in [6.45, 7) is 2.44. The second-order valence-corrected chi connectivity index (χ2v) is 7.74. The van der Waals surface area contributed by atoms with Crippen LogP contribution >= 0.6 is 0 Å². The molecule has 0 N–H and O–H groups in total. The van der Waals surface area contributed by atoms with Crippen molar-refractivity contribution >= 4 is 11.8 Å². The van der Waals surface area contributed by atoms with E-state index in [1.54, 1.807) is 4.90 Å². The Labute approximate surface area is 150 Å². The second-order valence-electron chi connectivity index (χ2n) is 7.74. The molecule has 3 rings (SSSR count). The van der Waals surface area contributed by atoms with Crippen LogP contribution in [0, 0.1) is 5.41 Å². The van der Waals surface area contributed by atoms with Crippen molar-refractivity contribution in [3.63, 3.8) is 0 Å². The van der Waals surface area contributed by atoms with Crippen LogP contribution < -0.4 is 0 Å². The van der Waals surface area contributed by atoms with Crippen LogP contribution in [0.4, 0.5) is 0 Å². The zero-order valence-electron chi connectivity index (χ0n) is 15.6. The fourth-order valence-corrected chi connectivity index (χ4v) is 4.55. The third-order valence-corrected chi connectivity index (χ3v) is 5.95. The Kier molecular flexibility index (Phi) is 5.13. The Morgan fingerprint density at radius 2 is 1.68 bits per heavy atom. The van der Waals surface area contributed by atoms with Gasteiger partial charge in [0, 0.05) is 32.7 Å². The summed E-state index contributed by atoms with van der Waals surface area (Å²) in [4.78, 5) is 31.4. The van der Waals surface area contributed by atoms with Crippen molar-refractivity contribution in [1.82, 2.24) is 14.7 Å². The third kappa shape index (κ3) is 3.43. The van der Waals surface area contributed by atoms with E-state index in [2.05, 4.69) is 11.9 Å². The summed E-state index contributed by atoms with van der Waals surface area (Å²) in [6, 6.07) is 9.42. The number of hydrogen-bond acceptors (Lipinski definition) is 3. The molecule has 0 saturated carbocycles. The molecule has 2 saturated heterocycles. The van der Waals surface area contributed by atoms with Gasteiger partial charge in [0.25, 0.3) is 5.91 Å². The SMILES string of the molecule is CN(C)C(=O)C1N(C)CCCC12CCN(C(=O)c1ccccc1)CC2. The molecule has 2 heterocycles. The van der Waals surface area contributed by atoms with Gasteiger partial charge in [-0.05, 0) is 56.8 Å². The van der Waals surface area contributed by atoms with Gasteiger partial charge in [-0.3, -0.25) is 14.5 Å². The van der Waals surface area contributed by atoms with Crippen molar-refractivity contribution in [3.05, 3.63) is 35.9 Å². The molecule has 2 aliphatic heterocycles. The maximum atomic E-state index is 12.8. The van der Waals surface area contributed by atoms with E-state index in [0.717, 1.165) is 50.9 Å². The molecular formula is C20H29N3O2. The maximum absolute atomic E-state index is 12.8. The number of carbonyl (C=O) groups excluding carboxylic acids is 2. The van der Waals surface area contributed by atoms with Crippen molar-refractivity contribution in [2.24, 2.45) is 5.41 Å². The van der Waals surface area contributed by atoms with Crippen molar-refractivity contribution < 1.29 is 9.59 Å². The van der Waals surface area contributed by atoms with E-state index in [0.29, 0.717) is 0 Å². The van der Waals surface area contributed by atoms with Crippen molar-refractivity contribution in [2.75, 3.05) is 40.8 Å². The smallest absolute Gasteiger partial charge is 0.253 e. The number of amides is 2. The first-order valence-corrected chi connectivity index (χ1v) is 9.20. The van der Waals surface area contributed by atoms with Crippen molar-refractivity contribution in [2.45, 2.75) is 31.7 Å². The fourth-order valence-electron chi connectivity index (χ4n) is 4.55. The van der Waals surface area contributed by atoms with Gasteiger partial charge in [0.05, 0.1) is 6.04 Å². The van der Waals surface area contributed by atoms with E-state index in [9.17, 15) is 9.59 Å². The van der Waals surface area contributed by atoms with Crippen LogP contribution in [0.15, 0.2) is 30.3 Å². The van der Waals surface area contributed by atoms with Crippen LogP contribution in [-0.2, 0) is 4.79 Å². The minimum Gasteiger partial charge on any atom is -0.347 e. The van der Waals surface area contributed by atoms with E-state index in [4.69, 9.17) is 0 Å². The van der Waals surface area contributed by atoms with Crippen LogP contribution in [0.2, 0.25) is 0 Å². The Balaban J connectivity index is 1.74. The van der Waals surface area contributed by atoms with E-state index in [1.165, 1.54) is 0 Å². The molecule has 1 aromatic carbocycles. The molecule has 0 aromatic heterocycles. The summed E-state index contributed by atoms with van der Waals surface area (Å²) >= 11 is 0. The van der Waals surface area contributed by atoms with Crippen molar-refractivity contribution in [1.29, 1.82) is 0 Å². The number of piperidine rings is 2. The zero-order chi connectivity index (χ0) is 18.0. The molecular weight excluding hydrogens is 314 g/mol. The monoisotopic (exact) mass is 343 g/mol. The summed E-state index contributed by atoms with van der Waals surface area (Å²) in [5, 5.41) is 0. The molecule has 2 aliphatic rings. The van der Waals surface area contributed by atoms with Crippen LogP contribution in [0.3, 0.4) is 0 Å². The predicted octanol–water partition coefficient (Wildman–Crippen LogP) is 2.09. The lowest BCUT2D eigenvalue weighted by Gasteiger charge is -2.52. The van der Waals surface area contributed by atoms with Gasteiger partial charge in [-0.15, -0.1) is 0 Å². The molecule has 0 radical (unpaired) electrons. The Bertz CT molecular complexity index is 621. The second kappa shape index (κ2) is 7.16. The lowest BCUT2D eigenvalue weighted by atomic mass is 9.66. The van der Waals surface area contributed by atoms with Crippen LogP contribution in [0.5, 0.6) is 0 Å². The molecule has 0 bridgehead atoms. The van der Waals surface area contributed by atoms with Gasteiger partial charge in [0.1, 0.15) is 0 Å². The van der Waals surface area contributed by atoms with Gasteiger partial charge in [-0.2, -0.15) is 0 Å². The number of likely N-dealkylation sites (tertiary alicyclic amines) is 2. The molecule has 5 nitrogen and oxygen atoms in total. The maximum Gasteiger partial charge on any atom is 0.253 e. The first kappa shape index (κ1) is 17.9. The molecule has 136 valence electrons. The van der Waals surface area contributed by atoms with Crippen LogP contribution in [-0.4, -0.2) is 73.3 Å². The van der Waals surface area contributed by atoms with E-state index in [-0.39, 0.29) is 23.3 Å². The van der Waals surface area contributed by atoms with Gasteiger partial charge in [0.15, 0.2) is 0 Å². The summed E-state index contributed by atoms with van der Waals surface area (Å²) in [5.74, 6) is 0.306. The average molecular weight is 343 g/mol. The third-order valence-electron chi connectivity index (χ3n) is 5.95. The van der Waals surface area contributed by atoms with Gasteiger partial charge in [-0.25, -0.2) is 0 Å². The molecule has 2 amide bonds. The van der Waals surface area contributed by atoms with Gasteiger partial charge < -0.3 is 9.80 Å². The summed E-state index contributed by atoms with van der Waals surface area (Å²) in [6.07, 6.45) is 4.01. The topological polar surface area (TPSA) is 43.9 Å². The molecule has 1 spiro atoms. The minimum absolute atomic E-state index is 0.00181. The van der Waals surface area contributed by atoms with Crippen LogP contribution in [0.1, 0.15) is 36.0 Å².